The molecule has 38 heavy (non-hydrogen) atoms. The Labute approximate surface area is 223 Å². The van der Waals surface area contributed by atoms with Crippen LogP contribution in [0.15, 0.2) is 35.3 Å². The molecule has 0 bridgehead atoms. The number of carboxylic acid groups (broad SMARTS) is 5. The molecule has 1 aromatic carbocycles. The number of thiocarbonyl (C=S) groups is 1. The molecule has 1 rings (SSSR count). The van der Waals surface area contributed by atoms with Gasteiger partial charge in [0.25, 0.3) is 0 Å². The van der Waals surface area contributed by atoms with Gasteiger partial charge in [-0.1, -0.05) is 30.3 Å². The van der Waals surface area contributed by atoms with Crippen molar-refractivity contribution in [2.24, 2.45) is 4.99 Å². The quantitative estimate of drug-likeness (QED) is 0.112. The van der Waals surface area contributed by atoms with E-state index >= 15 is 0 Å². The smallest absolute Gasteiger partial charge is 0.317 e. The van der Waals surface area contributed by atoms with Crippen molar-refractivity contribution in [2.75, 3.05) is 45.8 Å². The number of aliphatic imine (C=N–C) groups is 1. The van der Waals surface area contributed by atoms with Gasteiger partial charge in [0.15, 0.2) is 0 Å². The maximum Gasteiger partial charge on any atom is 0.317 e. The molecule has 0 fully saturated rings. The van der Waals surface area contributed by atoms with E-state index in [1.807, 2.05) is 0 Å². The molecule has 0 aliphatic carbocycles. The molecule has 0 spiro atoms. The standard InChI is InChI=1S/C23H30N4O10S/c1-15(26(10-19(30)31)11-20(32)33)7-25(9-18(28)29)8-17(27(12-21(34)35)13-22(36)37)23(24-14-38)16-5-3-2-4-6-16/h2-6,15,17,23H,7-13H2,1H3,(H,28,29)(H,30,31)(H,32,33)(H,34,35)(H,36,37). The zero-order valence-electron chi connectivity index (χ0n) is 20.5. The van der Waals surface area contributed by atoms with E-state index in [4.69, 9.17) is 12.2 Å². The lowest BCUT2D eigenvalue weighted by Gasteiger charge is -2.38. The van der Waals surface area contributed by atoms with Crippen LogP contribution in [0.25, 0.3) is 0 Å². The lowest BCUT2D eigenvalue weighted by atomic mass is 9.97. The third-order valence-corrected chi connectivity index (χ3v) is 5.58. The van der Waals surface area contributed by atoms with Gasteiger partial charge in [-0.2, -0.15) is 0 Å². The summed E-state index contributed by atoms with van der Waals surface area (Å²) in [4.78, 5) is 65.2. The molecular formula is C23H30N4O10S. The topological polar surface area (TPSA) is 209 Å². The van der Waals surface area contributed by atoms with Gasteiger partial charge in [-0.3, -0.25) is 38.7 Å². The van der Waals surface area contributed by atoms with Crippen molar-refractivity contribution in [3.05, 3.63) is 35.9 Å². The second-order valence-corrected chi connectivity index (χ2v) is 8.65. The Hall–Kier alpha value is -3.75. The molecule has 208 valence electrons. The fourth-order valence-electron chi connectivity index (χ4n) is 4.01. The van der Waals surface area contributed by atoms with E-state index in [0.29, 0.717) is 5.56 Å². The van der Waals surface area contributed by atoms with Crippen LogP contribution in [0, 0.1) is 0 Å². The molecule has 0 aromatic heterocycles. The summed E-state index contributed by atoms with van der Waals surface area (Å²) in [5.74, 6) is -6.50. The number of rotatable bonds is 19. The monoisotopic (exact) mass is 554 g/mol. The van der Waals surface area contributed by atoms with E-state index in [9.17, 15) is 49.5 Å². The van der Waals surface area contributed by atoms with Crippen LogP contribution in [0.3, 0.4) is 0 Å². The molecule has 0 aliphatic rings. The summed E-state index contributed by atoms with van der Waals surface area (Å²) in [5, 5.41) is 49.1. The predicted octanol–water partition coefficient (Wildman–Crippen LogP) is -0.0834. The number of benzene rings is 1. The largest absolute Gasteiger partial charge is 0.480 e. The molecule has 0 heterocycles. The van der Waals surface area contributed by atoms with Crippen LogP contribution in [-0.2, 0) is 24.0 Å². The number of hydrogen-bond donors (Lipinski definition) is 5. The van der Waals surface area contributed by atoms with Crippen molar-refractivity contribution in [2.45, 2.75) is 25.0 Å². The van der Waals surface area contributed by atoms with E-state index < -0.39 is 80.7 Å². The normalized spacial score (nSPS) is 13.5. The second kappa shape index (κ2) is 16.2. The van der Waals surface area contributed by atoms with E-state index in [1.165, 1.54) is 11.8 Å². The highest BCUT2D eigenvalue weighted by molar-refractivity contribution is 7.78. The summed E-state index contributed by atoms with van der Waals surface area (Å²) in [7, 11) is 0. The van der Waals surface area contributed by atoms with Crippen LogP contribution in [0.1, 0.15) is 18.5 Å². The van der Waals surface area contributed by atoms with Gasteiger partial charge in [0.1, 0.15) is 6.04 Å². The maximum absolute atomic E-state index is 11.7. The van der Waals surface area contributed by atoms with E-state index in [0.717, 1.165) is 9.80 Å². The Morgan fingerprint density at radius 2 is 1.21 bits per heavy atom. The van der Waals surface area contributed by atoms with Crippen LogP contribution >= 0.6 is 12.2 Å². The molecule has 1 aromatic rings. The highest BCUT2D eigenvalue weighted by Crippen LogP contribution is 2.26. The molecule has 3 unspecified atom stereocenters. The minimum Gasteiger partial charge on any atom is -0.480 e. The van der Waals surface area contributed by atoms with Gasteiger partial charge >= 0.3 is 29.8 Å². The first-order valence-corrected chi connectivity index (χ1v) is 11.7. The van der Waals surface area contributed by atoms with E-state index in [-0.39, 0.29) is 13.1 Å². The minimum absolute atomic E-state index is 0.139. The Balaban J connectivity index is 3.52. The average molecular weight is 555 g/mol. The number of nitrogens with zero attached hydrogens (tertiary/aromatic N) is 4. The summed E-state index contributed by atoms with van der Waals surface area (Å²) >= 11 is 4.78. The van der Waals surface area contributed by atoms with Crippen LogP contribution < -0.4 is 0 Å². The number of hydrogen-bond acceptors (Lipinski definition) is 10. The number of isothiocyanates is 1. The van der Waals surface area contributed by atoms with Crippen molar-refractivity contribution in [3.8, 4) is 0 Å². The number of carboxylic acids is 5. The maximum atomic E-state index is 11.7. The van der Waals surface area contributed by atoms with Crippen LogP contribution in [-0.4, -0.2) is 133 Å². The van der Waals surface area contributed by atoms with Crippen LogP contribution in [0.4, 0.5) is 0 Å². The van der Waals surface area contributed by atoms with Gasteiger partial charge in [0, 0.05) is 19.1 Å². The molecule has 0 radical (unpaired) electrons. The van der Waals surface area contributed by atoms with Crippen molar-refractivity contribution < 1.29 is 49.5 Å². The summed E-state index contributed by atoms with van der Waals surface area (Å²) in [5.41, 5.74) is 0.539. The molecule has 3 atom stereocenters. The lowest BCUT2D eigenvalue weighted by molar-refractivity contribution is -0.144. The van der Waals surface area contributed by atoms with Crippen molar-refractivity contribution in [1.29, 1.82) is 0 Å². The third kappa shape index (κ3) is 12.0. The van der Waals surface area contributed by atoms with E-state index in [2.05, 4.69) is 10.2 Å². The number of aliphatic carboxylic acids is 5. The highest BCUT2D eigenvalue weighted by Gasteiger charge is 2.34. The Morgan fingerprint density at radius 3 is 1.63 bits per heavy atom. The van der Waals surface area contributed by atoms with Gasteiger partial charge < -0.3 is 25.5 Å². The van der Waals surface area contributed by atoms with Crippen LogP contribution in [0.5, 0.6) is 0 Å². The summed E-state index contributed by atoms with van der Waals surface area (Å²) in [6.07, 6.45) is 0. The first-order valence-electron chi connectivity index (χ1n) is 11.2. The molecule has 0 amide bonds. The molecule has 15 heteroatoms. The summed E-state index contributed by atoms with van der Waals surface area (Å²) < 4.78 is 0. The summed E-state index contributed by atoms with van der Waals surface area (Å²) in [6, 6.07) is 5.69. The zero-order chi connectivity index (χ0) is 28.8. The van der Waals surface area contributed by atoms with Gasteiger partial charge in [-0.05, 0) is 24.7 Å². The molecule has 0 aliphatic heterocycles. The zero-order valence-corrected chi connectivity index (χ0v) is 21.4. The molecule has 0 saturated heterocycles. The van der Waals surface area contributed by atoms with E-state index in [1.54, 1.807) is 30.3 Å². The fourth-order valence-corrected chi connectivity index (χ4v) is 4.12. The molecular weight excluding hydrogens is 524 g/mol. The first kappa shape index (κ1) is 32.3. The third-order valence-electron chi connectivity index (χ3n) is 5.47. The van der Waals surface area contributed by atoms with Crippen LogP contribution in [0.2, 0.25) is 0 Å². The van der Waals surface area contributed by atoms with Gasteiger partial charge in [0.2, 0.25) is 0 Å². The van der Waals surface area contributed by atoms with Crippen molar-refractivity contribution >= 4 is 47.2 Å². The highest BCUT2D eigenvalue weighted by atomic mass is 32.1. The minimum atomic E-state index is -1.33. The Morgan fingerprint density at radius 1 is 0.763 bits per heavy atom. The number of carbonyl (C=O) groups is 5. The Kier molecular flexibility index (Phi) is 13.7. The van der Waals surface area contributed by atoms with Gasteiger partial charge in [-0.25, -0.2) is 4.99 Å². The van der Waals surface area contributed by atoms with Crippen molar-refractivity contribution in [3.63, 3.8) is 0 Å². The molecule has 0 saturated carbocycles. The molecule has 14 nitrogen and oxygen atoms in total. The predicted molar refractivity (Wildman–Crippen MR) is 135 cm³/mol. The van der Waals surface area contributed by atoms with Gasteiger partial charge in [0.05, 0.1) is 43.9 Å². The SMILES string of the molecule is CC(CN(CC(=O)O)CC(C(N=C=S)c1ccccc1)N(CC(=O)O)CC(=O)O)N(CC(=O)O)CC(=O)O. The van der Waals surface area contributed by atoms with Crippen molar-refractivity contribution in [1.82, 2.24) is 14.7 Å². The first-order chi connectivity index (χ1) is 17.8. The fraction of sp³-hybridized carbons (Fsp3) is 0.478. The summed E-state index contributed by atoms with van der Waals surface area (Å²) in [6.45, 7) is -2.11. The second-order valence-electron chi connectivity index (χ2n) is 8.47. The lowest BCUT2D eigenvalue weighted by Crippen LogP contribution is -2.54. The average Bonchev–Trinajstić information content (AvgIpc) is 2.79. The molecule has 5 N–H and O–H groups in total. The van der Waals surface area contributed by atoms with Gasteiger partial charge in [-0.15, -0.1) is 0 Å². The Bertz CT molecular complexity index is 1000.